The smallest absolute Gasteiger partial charge is 0.309 e. The van der Waals surface area contributed by atoms with Crippen molar-refractivity contribution in [2.45, 2.75) is 59.9 Å². The van der Waals surface area contributed by atoms with Gasteiger partial charge in [0.25, 0.3) is 5.91 Å². The van der Waals surface area contributed by atoms with Crippen LogP contribution < -0.4 is 20.6 Å². The zero-order valence-corrected chi connectivity index (χ0v) is 28.3. The molecule has 0 aliphatic carbocycles. The van der Waals surface area contributed by atoms with Crippen LogP contribution in [0.15, 0.2) is 59.5 Å². The molecule has 1 aliphatic heterocycles. The second kappa shape index (κ2) is 14.8. The molecule has 3 atom stereocenters. The van der Waals surface area contributed by atoms with E-state index in [0.717, 1.165) is 18.3 Å². The number of esters is 1. The lowest BCUT2D eigenvalue weighted by molar-refractivity contribution is -0.151. The molecule has 3 aromatic rings. The van der Waals surface area contributed by atoms with Gasteiger partial charge in [0.2, 0.25) is 12.8 Å². The second-order valence-corrected chi connectivity index (χ2v) is 15.3. The van der Waals surface area contributed by atoms with Gasteiger partial charge in [-0.2, -0.15) is 0 Å². The number of hydrogen-bond donors (Lipinski definition) is 3. The zero-order chi connectivity index (χ0) is 35.4. The third-order valence-electron chi connectivity index (χ3n) is 8.17. The number of carbonyl (C=O) groups excluding carboxylic acids is 3. The number of carbonyl (C=O) groups is 3. The van der Waals surface area contributed by atoms with Gasteiger partial charge in [0.15, 0.2) is 11.5 Å². The van der Waals surface area contributed by atoms with Crippen LogP contribution in [0.2, 0.25) is 0 Å². The molecule has 2 aromatic carbocycles. The number of fused-ring (bicyclic) bond motifs is 1. The third-order valence-corrected chi connectivity index (χ3v) is 10.7. The molecule has 0 fully saturated rings. The highest BCUT2D eigenvalue weighted by atomic mass is 31.2. The van der Waals surface area contributed by atoms with E-state index in [1.54, 1.807) is 65.0 Å². The lowest BCUT2D eigenvalue weighted by atomic mass is 9.75. The summed E-state index contributed by atoms with van der Waals surface area (Å²) in [4.78, 5) is 52.1. The lowest BCUT2D eigenvalue weighted by Gasteiger charge is -2.40. The van der Waals surface area contributed by atoms with Gasteiger partial charge in [-0.1, -0.05) is 45.0 Å². The number of benzene rings is 2. The second-order valence-electron chi connectivity index (χ2n) is 12.7. The van der Waals surface area contributed by atoms with Crippen molar-refractivity contribution < 1.29 is 42.1 Å². The number of halogens is 2. The van der Waals surface area contributed by atoms with Gasteiger partial charge in [0, 0.05) is 61.2 Å². The molecule has 2 unspecified atom stereocenters. The number of pyridine rings is 1. The molecule has 3 N–H and O–H groups in total. The average Bonchev–Trinajstić information content (AvgIpc) is 3.00. The topological polar surface area (TPSA) is 153 Å². The molecule has 1 amide bonds. The molecule has 0 spiro atoms. The van der Waals surface area contributed by atoms with Crippen LogP contribution in [0, 0.1) is 23.0 Å². The average molecular weight is 688 g/mol. The van der Waals surface area contributed by atoms with Gasteiger partial charge in [-0.3, -0.25) is 23.7 Å². The molecule has 0 radical (unpaired) electrons. The van der Waals surface area contributed by atoms with E-state index in [4.69, 9.17) is 9.26 Å². The van der Waals surface area contributed by atoms with Crippen LogP contribution in [-0.4, -0.2) is 58.3 Å². The van der Waals surface area contributed by atoms with E-state index in [9.17, 15) is 37.6 Å². The highest BCUT2D eigenvalue weighted by Crippen LogP contribution is 2.48. The Morgan fingerprint density at radius 3 is 2.44 bits per heavy atom. The first-order valence-corrected chi connectivity index (χ1v) is 17.5. The van der Waals surface area contributed by atoms with Crippen molar-refractivity contribution in [1.82, 2.24) is 15.2 Å². The van der Waals surface area contributed by atoms with Crippen LogP contribution in [-0.2, 0) is 27.2 Å². The van der Waals surface area contributed by atoms with Crippen LogP contribution in [0.5, 0.6) is 11.5 Å². The molecule has 0 bridgehead atoms. The van der Waals surface area contributed by atoms with Gasteiger partial charge in [0.1, 0.15) is 28.6 Å². The van der Waals surface area contributed by atoms with Crippen molar-refractivity contribution in [1.29, 1.82) is 0 Å². The molecule has 0 saturated heterocycles. The molecule has 258 valence electrons. The SMILES string of the molecule is CC(C)OC(=O)[C@@H](C)CP(=O)(CCNC1Cn2cc(C(=O)NCc3ccc(F)cc3F)c(=O)c(O)c2C(=O)C1(C)C)Oc1ccccc1. The summed E-state index contributed by atoms with van der Waals surface area (Å²) in [5.74, 6) is -4.90. The van der Waals surface area contributed by atoms with E-state index in [-0.39, 0.29) is 49.3 Å². The van der Waals surface area contributed by atoms with Crippen LogP contribution in [0.25, 0.3) is 0 Å². The highest BCUT2D eigenvalue weighted by molar-refractivity contribution is 7.59. The molecule has 1 aromatic heterocycles. The maximum Gasteiger partial charge on any atom is 0.309 e. The Morgan fingerprint density at radius 2 is 1.79 bits per heavy atom. The normalized spacial score (nSPS) is 17.2. The fourth-order valence-electron chi connectivity index (χ4n) is 5.43. The Balaban J connectivity index is 1.53. The predicted octanol–water partition coefficient (Wildman–Crippen LogP) is 4.89. The number of nitrogens with zero attached hydrogens (tertiary/aromatic N) is 1. The summed E-state index contributed by atoms with van der Waals surface area (Å²) in [6, 6.07) is 10.8. The summed E-state index contributed by atoms with van der Waals surface area (Å²) in [5, 5.41) is 16.4. The van der Waals surface area contributed by atoms with Gasteiger partial charge in [-0.05, 0) is 32.0 Å². The van der Waals surface area contributed by atoms with Gasteiger partial charge in [-0.15, -0.1) is 0 Å². The molecule has 1 aliphatic rings. The van der Waals surface area contributed by atoms with Crippen molar-refractivity contribution in [3.05, 3.63) is 93.4 Å². The van der Waals surface area contributed by atoms with Crippen molar-refractivity contribution in [2.24, 2.45) is 11.3 Å². The molecule has 48 heavy (non-hydrogen) atoms. The molecule has 4 rings (SSSR count). The van der Waals surface area contributed by atoms with Crippen LogP contribution in [0.4, 0.5) is 8.78 Å². The molecule has 11 nitrogen and oxygen atoms in total. The Kier molecular flexibility index (Phi) is 11.3. The van der Waals surface area contributed by atoms with Crippen LogP contribution in [0.1, 0.15) is 61.0 Å². The molecular formula is C34H40F2N3O8P. The van der Waals surface area contributed by atoms with Crippen molar-refractivity contribution in [2.75, 3.05) is 18.9 Å². The number of hydrogen-bond acceptors (Lipinski definition) is 9. The number of rotatable bonds is 13. The number of aromatic hydroxyl groups is 1. The van der Waals surface area contributed by atoms with Gasteiger partial charge in [-0.25, -0.2) is 8.78 Å². The summed E-state index contributed by atoms with van der Waals surface area (Å²) < 4.78 is 54.1. The fraction of sp³-hybridized carbons (Fsp3) is 0.412. The Labute approximate surface area is 277 Å². The first kappa shape index (κ1) is 36.5. The summed E-state index contributed by atoms with van der Waals surface area (Å²) in [7, 11) is -3.50. The molecule has 14 heteroatoms. The van der Waals surface area contributed by atoms with E-state index < -0.39 is 70.8 Å². The number of amides is 1. The number of Topliss-reactive ketones (excluding diaryl/α,β-unsaturated/α-hetero) is 1. The molecular weight excluding hydrogens is 647 g/mol. The van der Waals surface area contributed by atoms with Crippen LogP contribution >= 0.6 is 7.37 Å². The monoisotopic (exact) mass is 687 g/mol. The van der Waals surface area contributed by atoms with Gasteiger partial charge < -0.3 is 29.6 Å². The van der Waals surface area contributed by atoms with Crippen molar-refractivity contribution in [3.63, 3.8) is 0 Å². The summed E-state index contributed by atoms with van der Waals surface area (Å²) in [6.45, 7) is 8.13. The first-order valence-electron chi connectivity index (χ1n) is 15.5. The summed E-state index contributed by atoms with van der Waals surface area (Å²) in [5.41, 5.74) is -2.98. The summed E-state index contributed by atoms with van der Waals surface area (Å²) in [6.07, 6.45) is 0.725. The Hall–Kier alpha value is -4.35. The predicted molar refractivity (Wildman–Crippen MR) is 175 cm³/mol. The number of ether oxygens (including phenoxy) is 1. The minimum atomic E-state index is -3.50. The number of aromatic nitrogens is 1. The Morgan fingerprint density at radius 1 is 1.10 bits per heavy atom. The standard InChI is InChI=1S/C34H40F2N3O8P/c1-20(2)46-33(44)21(3)19-48(45,47-24-9-7-6-8-10-24)14-13-37-27-18-39-17-25(29(40)30(41)28(39)31(42)34(27,4)5)32(43)38-16-22-11-12-23(35)15-26(22)36/h6-12,15,17,20-21,27,37,41H,13-14,16,18-19H2,1-5H3,(H,38,43)/t21-,27?,48?/m0/s1. The maximum absolute atomic E-state index is 14.2. The summed E-state index contributed by atoms with van der Waals surface area (Å²) >= 11 is 0. The van der Waals surface area contributed by atoms with E-state index in [2.05, 4.69) is 10.6 Å². The van der Waals surface area contributed by atoms with E-state index in [0.29, 0.717) is 11.8 Å². The highest BCUT2D eigenvalue weighted by Gasteiger charge is 2.45. The fourth-order valence-corrected chi connectivity index (χ4v) is 7.74. The number of ketones is 1. The number of para-hydroxylation sites is 1. The van der Waals surface area contributed by atoms with Crippen LogP contribution in [0.3, 0.4) is 0 Å². The quantitative estimate of drug-likeness (QED) is 0.169. The molecule has 2 heterocycles. The third kappa shape index (κ3) is 8.38. The minimum Gasteiger partial charge on any atom is -0.503 e. The van der Waals surface area contributed by atoms with Crippen molar-refractivity contribution >= 4 is 25.0 Å². The van der Waals surface area contributed by atoms with E-state index >= 15 is 0 Å². The number of nitrogens with one attached hydrogen (secondary N) is 2. The van der Waals surface area contributed by atoms with Gasteiger partial charge >= 0.3 is 5.97 Å². The van der Waals surface area contributed by atoms with E-state index in [1.165, 1.54) is 4.57 Å². The Bertz CT molecular complexity index is 1790. The first-order chi connectivity index (χ1) is 22.5. The van der Waals surface area contributed by atoms with E-state index in [1.807, 2.05) is 0 Å². The van der Waals surface area contributed by atoms with Crippen molar-refractivity contribution in [3.8, 4) is 11.5 Å². The lowest BCUT2D eigenvalue weighted by Crippen LogP contribution is -2.54. The largest absolute Gasteiger partial charge is 0.503 e. The molecule has 0 saturated carbocycles. The minimum absolute atomic E-state index is 0.00215. The maximum atomic E-state index is 14.2. The zero-order valence-electron chi connectivity index (χ0n) is 27.4. The van der Waals surface area contributed by atoms with Gasteiger partial charge in [0.05, 0.1) is 12.0 Å².